The minimum absolute atomic E-state index is 0.113. The standard InChI is InChI=1S/C27H38FN3O4/c1-17(2)14-31(15-18(3)4)26-23(28)11-20(21(16-35-6)13-25(32)33)12-24(26)30-27(34)29-22-9-7-19(5)8-10-22/h7-12,17-18,21H,13-16H2,1-6H3,(H,32,33)(H2,29,30,34). The number of hydrogen-bond donors (Lipinski definition) is 3. The number of carbonyl (C=O) groups excluding carboxylic acids is 1. The highest BCUT2D eigenvalue weighted by atomic mass is 19.1. The Morgan fingerprint density at radius 3 is 2.14 bits per heavy atom. The zero-order valence-corrected chi connectivity index (χ0v) is 21.5. The Balaban J connectivity index is 2.52. The predicted molar refractivity (Wildman–Crippen MR) is 139 cm³/mol. The summed E-state index contributed by atoms with van der Waals surface area (Å²) in [5, 5.41) is 14.9. The van der Waals surface area contributed by atoms with E-state index >= 15 is 4.39 Å². The van der Waals surface area contributed by atoms with Gasteiger partial charge in [0, 0.05) is 31.8 Å². The fraction of sp³-hybridized carbons (Fsp3) is 0.481. The van der Waals surface area contributed by atoms with Crippen molar-refractivity contribution in [3.8, 4) is 0 Å². The zero-order chi connectivity index (χ0) is 26.1. The summed E-state index contributed by atoms with van der Waals surface area (Å²) in [5.41, 5.74) is 2.71. The molecule has 0 spiro atoms. The summed E-state index contributed by atoms with van der Waals surface area (Å²) in [6, 6.07) is 9.86. The molecule has 0 fully saturated rings. The van der Waals surface area contributed by atoms with E-state index in [0.29, 0.717) is 30.0 Å². The number of nitrogens with zero attached hydrogens (tertiary/aromatic N) is 1. The van der Waals surface area contributed by atoms with Gasteiger partial charge in [0.05, 0.1) is 24.4 Å². The lowest BCUT2D eigenvalue weighted by Gasteiger charge is -2.31. The van der Waals surface area contributed by atoms with Crippen LogP contribution in [0.5, 0.6) is 0 Å². The maximum absolute atomic E-state index is 15.7. The number of rotatable bonds is 12. The molecule has 35 heavy (non-hydrogen) atoms. The summed E-state index contributed by atoms with van der Waals surface area (Å²) in [6.45, 7) is 11.5. The van der Waals surface area contributed by atoms with E-state index in [1.807, 2.05) is 24.0 Å². The first-order chi connectivity index (χ1) is 16.5. The van der Waals surface area contributed by atoms with Crippen LogP contribution in [0.1, 0.15) is 51.2 Å². The number of ether oxygens (including phenoxy) is 1. The van der Waals surface area contributed by atoms with E-state index < -0.39 is 23.7 Å². The van der Waals surface area contributed by atoms with Gasteiger partial charge in [-0.25, -0.2) is 9.18 Å². The second kappa shape index (κ2) is 13.1. The Kier molecular flexibility index (Phi) is 10.5. The molecule has 0 aliphatic carbocycles. The van der Waals surface area contributed by atoms with Crippen LogP contribution in [-0.4, -0.2) is 43.9 Å². The molecule has 0 aliphatic rings. The molecule has 3 N–H and O–H groups in total. The molecule has 2 amide bonds. The van der Waals surface area contributed by atoms with E-state index in [4.69, 9.17) is 4.74 Å². The first kappa shape index (κ1) is 28.1. The number of aryl methyl sites for hydroxylation is 1. The number of benzene rings is 2. The van der Waals surface area contributed by atoms with Gasteiger partial charge >= 0.3 is 12.0 Å². The van der Waals surface area contributed by atoms with Gasteiger partial charge in [-0.1, -0.05) is 45.4 Å². The molecule has 0 saturated heterocycles. The van der Waals surface area contributed by atoms with Gasteiger partial charge < -0.3 is 25.4 Å². The van der Waals surface area contributed by atoms with E-state index in [2.05, 4.69) is 38.3 Å². The molecule has 2 rings (SSSR count). The number of carbonyl (C=O) groups is 2. The molecular formula is C27H38FN3O4. The molecule has 0 heterocycles. The van der Waals surface area contributed by atoms with Crippen LogP contribution in [0.3, 0.4) is 0 Å². The van der Waals surface area contributed by atoms with E-state index in [9.17, 15) is 14.7 Å². The topological polar surface area (TPSA) is 90.9 Å². The average molecular weight is 488 g/mol. The van der Waals surface area contributed by atoms with Crippen LogP contribution in [0.25, 0.3) is 0 Å². The Labute approximate surface area is 207 Å². The van der Waals surface area contributed by atoms with E-state index in [0.717, 1.165) is 5.56 Å². The molecule has 0 saturated carbocycles. The largest absolute Gasteiger partial charge is 0.481 e. The van der Waals surface area contributed by atoms with Gasteiger partial charge in [-0.2, -0.15) is 0 Å². The van der Waals surface area contributed by atoms with Crippen molar-refractivity contribution in [1.82, 2.24) is 0 Å². The second-order valence-corrected chi connectivity index (χ2v) is 9.79. The van der Waals surface area contributed by atoms with Crippen molar-refractivity contribution in [2.45, 2.75) is 47.0 Å². The van der Waals surface area contributed by atoms with Crippen LogP contribution >= 0.6 is 0 Å². The third-order valence-corrected chi connectivity index (χ3v) is 5.39. The number of nitrogens with one attached hydrogen (secondary N) is 2. The van der Waals surface area contributed by atoms with Crippen LogP contribution in [0.15, 0.2) is 36.4 Å². The molecule has 0 bridgehead atoms. The normalized spacial score (nSPS) is 12.0. The van der Waals surface area contributed by atoms with Gasteiger partial charge in [0.25, 0.3) is 0 Å². The first-order valence-corrected chi connectivity index (χ1v) is 11.9. The summed E-state index contributed by atoms with van der Waals surface area (Å²) in [4.78, 5) is 26.3. The quantitative estimate of drug-likeness (QED) is 0.336. The fourth-order valence-corrected chi connectivity index (χ4v) is 4.02. The Bertz CT molecular complexity index is 983. The van der Waals surface area contributed by atoms with E-state index in [-0.39, 0.29) is 30.6 Å². The van der Waals surface area contributed by atoms with E-state index in [1.165, 1.54) is 13.2 Å². The summed E-state index contributed by atoms with van der Waals surface area (Å²) >= 11 is 0. The number of carboxylic acids is 1. The minimum Gasteiger partial charge on any atom is -0.481 e. The molecule has 0 aromatic heterocycles. The van der Waals surface area contributed by atoms with Crippen molar-refractivity contribution in [3.05, 3.63) is 53.3 Å². The molecule has 1 atom stereocenters. The Morgan fingerprint density at radius 2 is 1.63 bits per heavy atom. The molecule has 2 aromatic rings. The number of urea groups is 1. The van der Waals surface area contributed by atoms with Gasteiger partial charge in [-0.05, 0) is 48.6 Å². The highest BCUT2D eigenvalue weighted by molar-refractivity contribution is 6.02. The lowest BCUT2D eigenvalue weighted by Crippen LogP contribution is -2.33. The van der Waals surface area contributed by atoms with Crippen LogP contribution in [0.4, 0.5) is 26.2 Å². The van der Waals surface area contributed by atoms with Crippen molar-refractivity contribution in [2.24, 2.45) is 11.8 Å². The highest BCUT2D eigenvalue weighted by Crippen LogP contribution is 2.35. The Hall–Kier alpha value is -3.13. The number of amides is 2. The van der Waals surface area contributed by atoms with Gasteiger partial charge in [-0.3, -0.25) is 4.79 Å². The zero-order valence-electron chi connectivity index (χ0n) is 21.5. The third-order valence-electron chi connectivity index (χ3n) is 5.39. The van der Waals surface area contributed by atoms with Crippen molar-refractivity contribution in [1.29, 1.82) is 0 Å². The molecule has 7 nitrogen and oxygen atoms in total. The molecule has 1 unspecified atom stereocenters. The minimum atomic E-state index is -1.01. The SMILES string of the molecule is COCC(CC(=O)O)c1cc(F)c(N(CC(C)C)CC(C)C)c(NC(=O)Nc2ccc(C)cc2)c1. The van der Waals surface area contributed by atoms with Crippen molar-refractivity contribution < 1.29 is 23.8 Å². The summed E-state index contributed by atoms with van der Waals surface area (Å²) in [5.74, 6) is -1.57. The van der Waals surface area contributed by atoms with Gasteiger partial charge in [0.1, 0.15) is 5.82 Å². The number of aliphatic carboxylic acids is 1. The number of methoxy groups -OCH3 is 1. The summed E-state index contributed by atoms with van der Waals surface area (Å²) in [6.07, 6.45) is -0.219. The van der Waals surface area contributed by atoms with Crippen molar-refractivity contribution in [2.75, 3.05) is 42.3 Å². The van der Waals surface area contributed by atoms with E-state index in [1.54, 1.807) is 18.2 Å². The molecule has 2 aromatic carbocycles. The molecule has 192 valence electrons. The van der Waals surface area contributed by atoms with Crippen molar-refractivity contribution >= 4 is 29.1 Å². The second-order valence-electron chi connectivity index (χ2n) is 9.79. The fourth-order valence-electron chi connectivity index (χ4n) is 4.02. The first-order valence-electron chi connectivity index (χ1n) is 11.9. The van der Waals surface area contributed by atoms with Crippen LogP contribution in [0, 0.1) is 24.6 Å². The Morgan fingerprint density at radius 1 is 1.03 bits per heavy atom. The molecule has 0 radical (unpaired) electrons. The maximum Gasteiger partial charge on any atom is 0.323 e. The van der Waals surface area contributed by atoms with Crippen LogP contribution < -0.4 is 15.5 Å². The summed E-state index contributed by atoms with van der Waals surface area (Å²) in [7, 11) is 1.47. The van der Waals surface area contributed by atoms with Gasteiger partial charge in [0.15, 0.2) is 0 Å². The smallest absolute Gasteiger partial charge is 0.323 e. The van der Waals surface area contributed by atoms with Crippen molar-refractivity contribution in [3.63, 3.8) is 0 Å². The maximum atomic E-state index is 15.7. The van der Waals surface area contributed by atoms with Crippen LogP contribution in [-0.2, 0) is 9.53 Å². The number of carboxylic acid groups (broad SMARTS) is 1. The highest BCUT2D eigenvalue weighted by Gasteiger charge is 2.24. The lowest BCUT2D eigenvalue weighted by molar-refractivity contribution is -0.137. The molecule has 0 aliphatic heterocycles. The van der Waals surface area contributed by atoms with Crippen LogP contribution in [0.2, 0.25) is 0 Å². The van der Waals surface area contributed by atoms with Gasteiger partial charge in [-0.15, -0.1) is 0 Å². The number of anilines is 3. The monoisotopic (exact) mass is 487 g/mol. The summed E-state index contributed by atoms with van der Waals surface area (Å²) < 4.78 is 20.9. The predicted octanol–water partition coefficient (Wildman–Crippen LogP) is 6.10. The lowest BCUT2D eigenvalue weighted by atomic mass is 9.94. The molecule has 8 heteroatoms. The number of halogens is 1. The number of hydrogen-bond acceptors (Lipinski definition) is 4. The molecular weight excluding hydrogens is 449 g/mol. The van der Waals surface area contributed by atoms with Gasteiger partial charge in [0.2, 0.25) is 0 Å². The third kappa shape index (κ3) is 8.87. The average Bonchev–Trinajstić information content (AvgIpc) is 2.73.